The van der Waals surface area contributed by atoms with Gasteiger partial charge in [-0.2, -0.15) is 10.2 Å². The fraction of sp³-hybridized carbons (Fsp3) is 0.519. The quantitative estimate of drug-likeness (QED) is 0.297. The van der Waals surface area contributed by atoms with Crippen molar-refractivity contribution in [3.8, 4) is 11.3 Å². The maximum absolute atomic E-state index is 11.8. The maximum atomic E-state index is 11.8. The van der Waals surface area contributed by atoms with Crippen molar-refractivity contribution in [2.45, 2.75) is 65.2 Å². The second kappa shape index (κ2) is 13.4. The molecule has 5 heterocycles. The van der Waals surface area contributed by atoms with Gasteiger partial charge in [0.25, 0.3) is 0 Å². The number of aromatic nitrogens is 7. The number of hydrogen-bond acceptors (Lipinski definition) is 8. The first kappa shape index (κ1) is 29.0. The van der Waals surface area contributed by atoms with E-state index in [0.29, 0.717) is 38.1 Å². The number of carbonyl (C=O) groups excluding carboxylic acids is 1. The first-order chi connectivity index (χ1) is 19.2. The van der Waals surface area contributed by atoms with E-state index in [1.54, 1.807) is 19.3 Å². The van der Waals surface area contributed by atoms with Crippen LogP contribution in [0.25, 0.3) is 16.9 Å². The Labute approximate surface area is 232 Å². The number of H-pyrrole nitrogens is 1. The topological polar surface area (TPSA) is 136 Å². The summed E-state index contributed by atoms with van der Waals surface area (Å²) in [6.45, 7) is 10.4. The highest BCUT2D eigenvalue weighted by atomic mass is 19.1. The molecule has 216 valence electrons. The van der Waals surface area contributed by atoms with Crippen LogP contribution in [0.1, 0.15) is 47.0 Å². The third-order valence-electron chi connectivity index (χ3n) is 6.17. The Bertz CT molecular complexity index is 1340. The van der Waals surface area contributed by atoms with E-state index in [0.717, 1.165) is 42.1 Å². The van der Waals surface area contributed by atoms with Gasteiger partial charge in [0.15, 0.2) is 0 Å². The predicted molar refractivity (Wildman–Crippen MR) is 149 cm³/mol. The lowest BCUT2D eigenvalue weighted by Crippen LogP contribution is -2.34. The average molecular weight is 556 g/mol. The molecule has 4 aromatic heterocycles. The van der Waals surface area contributed by atoms with Gasteiger partial charge in [-0.15, -0.1) is 0 Å². The van der Waals surface area contributed by atoms with Gasteiger partial charge in [0.05, 0.1) is 31.3 Å². The van der Waals surface area contributed by atoms with E-state index in [2.05, 4.69) is 49.5 Å². The van der Waals surface area contributed by atoms with Crippen LogP contribution >= 0.6 is 0 Å². The van der Waals surface area contributed by atoms with Crippen LogP contribution in [0.2, 0.25) is 0 Å². The van der Waals surface area contributed by atoms with E-state index >= 15 is 0 Å². The number of imidazole rings is 1. The summed E-state index contributed by atoms with van der Waals surface area (Å²) in [5.41, 5.74) is 2.66. The number of anilines is 2. The summed E-state index contributed by atoms with van der Waals surface area (Å²) in [7, 11) is 0. The van der Waals surface area contributed by atoms with Crippen molar-refractivity contribution in [1.29, 1.82) is 0 Å². The second-order valence-corrected chi connectivity index (χ2v) is 10.4. The summed E-state index contributed by atoms with van der Waals surface area (Å²) in [6, 6.07) is 3.80. The number of halogens is 1. The van der Waals surface area contributed by atoms with E-state index < -0.39 is 6.17 Å². The van der Waals surface area contributed by atoms with E-state index in [4.69, 9.17) is 9.72 Å². The number of ether oxygens (including phenoxy) is 2. The monoisotopic (exact) mass is 555 g/mol. The summed E-state index contributed by atoms with van der Waals surface area (Å²) in [6.07, 6.45) is 10.9. The van der Waals surface area contributed by atoms with Crippen LogP contribution in [-0.2, 0) is 16.0 Å². The van der Waals surface area contributed by atoms with Gasteiger partial charge in [0.2, 0.25) is 5.95 Å². The van der Waals surface area contributed by atoms with Crippen molar-refractivity contribution in [3.05, 3.63) is 43.1 Å². The number of carbonyl (C=O) groups is 1. The number of alkyl carbamates (subject to hydrolysis) is 1. The summed E-state index contributed by atoms with van der Waals surface area (Å²) in [5.74, 6) is 1.98. The molecule has 2 fully saturated rings. The minimum atomic E-state index is -0.676. The zero-order valence-electron chi connectivity index (χ0n) is 23.4. The third kappa shape index (κ3) is 8.50. The molecule has 1 aliphatic carbocycles. The van der Waals surface area contributed by atoms with Crippen molar-refractivity contribution in [3.63, 3.8) is 0 Å². The normalized spacial score (nSPS) is 17.0. The Kier molecular flexibility index (Phi) is 9.70. The Morgan fingerprint density at radius 3 is 2.77 bits per heavy atom. The molecule has 2 aliphatic rings. The van der Waals surface area contributed by atoms with Gasteiger partial charge in [-0.1, -0.05) is 13.8 Å². The number of rotatable bonds is 7. The molecular formula is C27H38FN9O3. The van der Waals surface area contributed by atoms with E-state index in [-0.39, 0.29) is 11.6 Å². The van der Waals surface area contributed by atoms with Gasteiger partial charge in [0, 0.05) is 61.4 Å². The Morgan fingerprint density at radius 1 is 1.35 bits per heavy atom. The largest absolute Gasteiger partial charge is 0.450 e. The Balaban J connectivity index is 0.000000189. The molecule has 40 heavy (non-hydrogen) atoms. The minimum Gasteiger partial charge on any atom is -0.450 e. The summed E-state index contributed by atoms with van der Waals surface area (Å²) in [5, 5.41) is 17.2. The van der Waals surface area contributed by atoms with Crippen LogP contribution in [-0.4, -0.2) is 72.0 Å². The highest BCUT2D eigenvalue weighted by Gasteiger charge is 2.39. The van der Waals surface area contributed by atoms with Gasteiger partial charge in [-0.05, 0) is 32.6 Å². The number of nitrogens with zero attached hydrogens (tertiary/aromatic N) is 6. The number of fused-ring (bicyclic) bond motifs is 1. The van der Waals surface area contributed by atoms with E-state index in [1.165, 1.54) is 0 Å². The van der Waals surface area contributed by atoms with Crippen molar-refractivity contribution < 1.29 is 18.7 Å². The molecule has 1 unspecified atom stereocenters. The molecule has 1 amide bonds. The Hall–Kier alpha value is -4.00. The lowest BCUT2D eigenvalue weighted by Gasteiger charge is -2.09. The third-order valence-corrected chi connectivity index (χ3v) is 6.17. The highest BCUT2D eigenvalue weighted by Crippen LogP contribution is 2.34. The minimum absolute atomic E-state index is 0.0479. The summed E-state index contributed by atoms with van der Waals surface area (Å²) >= 11 is 0. The van der Waals surface area contributed by atoms with Crippen LogP contribution in [0.4, 0.5) is 21.0 Å². The second-order valence-electron chi connectivity index (χ2n) is 10.4. The lowest BCUT2D eigenvalue weighted by molar-refractivity contribution is 0.147. The first-order valence-electron chi connectivity index (χ1n) is 13.5. The number of nitrogens with one attached hydrogen (secondary N) is 3. The molecule has 1 saturated carbocycles. The molecular weight excluding hydrogens is 517 g/mol. The molecule has 3 N–H and O–H groups in total. The summed E-state index contributed by atoms with van der Waals surface area (Å²) in [4.78, 5) is 19.9. The fourth-order valence-electron chi connectivity index (χ4n) is 3.81. The number of aromatic amines is 1. The molecule has 0 aromatic carbocycles. The average Bonchev–Trinajstić information content (AvgIpc) is 3.52. The van der Waals surface area contributed by atoms with Crippen LogP contribution in [0, 0.1) is 5.92 Å². The SMILES string of the molecule is CC(C)Cn1cc(-c2cc3nccn3c(Nc3ccn[nH]3)n2)cn1.CCOC(=O)NC1(C)CC1.FC1CCOC1. The molecule has 1 atom stereocenters. The molecule has 4 aromatic rings. The molecule has 0 radical (unpaired) electrons. The smallest absolute Gasteiger partial charge is 0.407 e. The maximum Gasteiger partial charge on any atom is 0.407 e. The molecule has 12 nitrogen and oxygen atoms in total. The van der Waals surface area contributed by atoms with E-state index in [9.17, 15) is 9.18 Å². The van der Waals surface area contributed by atoms with Crippen molar-refractivity contribution in [1.82, 2.24) is 39.7 Å². The zero-order chi connectivity index (χ0) is 28.5. The molecule has 13 heteroatoms. The molecule has 1 saturated heterocycles. The molecule has 1 aliphatic heterocycles. The lowest BCUT2D eigenvalue weighted by atomic mass is 10.2. The first-order valence-corrected chi connectivity index (χ1v) is 13.5. The number of alkyl halides is 1. The Morgan fingerprint density at radius 2 is 2.17 bits per heavy atom. The van der Waals surface area contributed by atoms with Gasteiger partial charge in [0.1, 0.15) is 17.6 Å². The standard InChI is InChI=1S/C16H18N8.C7H13NO2.C4H7FO/c1-11(2)9-23-10-12(8-19-23)13-7-15-17-5-6-24(15)16(20-13)21-14-3-4-18-22-14;1-3-10-6(9)8-7(2)4-5-7;5-4-1-2-6-3-4/h3-8,10-11H,9H2,1-2H3,(H2,18,20,21,22);3-5H2,1-2H3,(H,8,9);4H,1-3H2. The molecule has 0 bridgehead atoms. The van der Waals surface area contributed by atoms with Gasteiger partial charge >= 0.3 is 6.09 Å². The molecule has 0 spiro atoms. The number of hydrogen-bond donors (Lipinski definition) is 3. The highest BCUT2D eigenvalue weighted by molar-refractivity contribution is 5.68. The van der Waals surface area contributed by atoms with Crippen molar-refractivity contribution >= 4 is 23.5 Å². The predicted octanol–water partition coefficient (Wildman–Crippen LogP) is 4.75. The van der Waals surface area contributed by atoms with E-state index in [1.807, 2.05) is 46.7 Å². The van der Waals surface area contributed by atoms with Crippen molar-refractivity contribution in [2.24, 2.45) is 5.92 Å². The van der Waals surface area contributed by atoms with Crippen LogP contribution < -0.4 is 10.6 Å². The van der Waals surface area contributed by atoms with Gasteiger partial charge < -0.3 is 20.1 Å². The van der Waals surface area contributed by atoms with Crippen LogP contribution in [0.3, 0.4) is 0 Å². The van der Waals surface area contributed by atoms with Crippen molar-refractivity contribution in [2.75, 3.05) is 25.1 Å². The summed E-state index contributed by atoms with van der Waals surface area (Å²) < 4.78 is 25.0. The zero-order valence-corrected chi connectivity index (χ0v) is 23.4. The van der Waals surface area contributed by atoms with Gasteiger partial charge in [-0.3, -0.25) is 14.2 Å². The van der Waals surface area contributed by atoms with Crippen LogP contribution in [0.15, 0.2) is 43.1 Å². The van der Waals surface area contributed by atoms with Crippen LogP contribution in [0.5, 0.6) is 0 Å². The fourth-order valence-corrected chi connectivity index (χ4v) is 3.81. The molecule has 6 rings (SSSR count). The van der Waals surface area contributed by atoms with Gasteiger partial charge in [-0.25, -0.2) is 19.2 Å². The number of amides is 1.